The zero-order chi connectivity index (χ0) is 13.7. The number of aryl methyl sites for hydroxylation is 1. The molecule has 1 aromatic rings. The van der Waals surface area contributed by atoms with Crippen LogP contribution in [0.15, 0.2) is 18.2 Å². The number of hydrogen-bond donors (Lipinski definition) is 1. The van der Waals surface area contributed by atoms with Crippen molar-refractivity contribution < 1.29 is 4.39 Å². The van der Waals surface area contributed by atoms with Gasteiger partial charge in [0, 0.05) is 6.04 Å². The molecule has 0 spiro atoms. The van der Waals surface area contributed by atoms with Crippen LogP contribution in [0, 0.1) is 18.7 Å². The molecule has 1 unspecified atom stereocenters. The van der Waals surface area contributed by atoms with Gasteiger partial charge in [-0.15, -0.1) is 0 Å². The first-order valence-corrected chi connectivity index (χ1v) is 7.69. The van der Waals surface area contributed by atoms with E-state index >= 15 is 0 Å². The highest BCUT2D eigenvalue weighted by Crippen LogP contribution is 2.31. The molecule has 1 atom stereocenters. The minimum absolute atomic E-state index is 0.112. The summed E-state index contributed by atoms with van der Waals surface area (Å²) in [7, 11) is 0. The molecule has 1 aliphatic carbocycles. The maximum absolute atomic E-state index is 13.5. The molecule has 0 radical (unpaired) electrons. The smallest absolute Gasteiger partial charge is 0.123 e. The largest absolute Gasteiger partial charge is 0.310 e. The fraction of sp³-hybridized carbons (Fsp3) is 0.647. The van der Waals surface area contributed by atoms with Gasteiger partial charge in [0.1, 0.15) is 5.82 Å². The first-order chi connectivity index (χ1) is 9.19. The van der Waals surface area contributed by atoms with Crippen molar-refractivity contribution >= 4 is 0 Å². The molecule has 19 heavy (non-hydrogen) atoms. The fourth-order valence-electron chi connectivity index (χ4n) is 3.30. The van der Waals surface area contributed by atoms with Crippen molar-refractivity contribution in [2.24, 2.45) is 5.92 Å². The highest BCUT2D eigenvalue weighted by Gasteiger charge is 2.18. The molecule has 0 amide bonds. The van der Waals surface area contributed by atoms with E-state index in [9.17, 15) is 4.39 Å². The van der Waals surface area contributed by atoms with Crippen LogP contribution >= 0.6 is 0 Å². The van der Waals surface area contributed by atoms with E-state index in [4.69, 9.17) is 0 Å². The molecule has 2 heteroatoms. The van der Waals surface area contributed by atoms with Gasteiger partial charge in [-0.1, -0.05) is 38.7 Å². The maximum atomic E-state index is 13.5. The summed E-state index contributed by atoms with van der Waals surface area (Å²) in [5.41, 5.74) is 2.12. The average molecular weight is 263 g/mol. The zero-order valence-electron chi connectivity index (χ0n) is 12.2. The molecule has 106 valence electrons. The third kappa shape index (κ3) is 4.31. The van der Waals surface area contributed by atoms with Gasteiger partial charge in [0.25, 0.3) is 0 Å². The van der Waals surface area contributed by atoms with Crippen LogP contribution in [-0.4, -0.2) is 6.54 Å². The molecule has 1 nitrogen and oxygen atoms in total. The SMILES string of the molecule is CCNC(CCC1CCCC1)c1cc(C)cc(F)c1. The Morgan fingerprint density at radius 2 is 2.00 bits per heavy atom. The Balaban J connectivity index is 2.00. The number of hydrogen-bond acceptors (Lipinski definition) is 1. The topological polar surface area (TPSA) is 12.0 Å². The van der Waals surface area contributed by atoms with E-state index in [-0.39, 0.29) is 5.82 Å². The van der Waals surface area contributed by atoms with Gasteiger partial charge >= 0.3 is 0 Å². The minimum atomic E-state index is -0.112. The molecule has 0 bridgehead atoms. The molecule has 1 aromatic carbocycles. The van der Waals surface area contributed by atoms with Gasteiger partial charge in [0.15, 0.2) is 0 Å². The Labute approximate surface area is 116 Å². The van der Waals surface area contributed by atoms with Crippen molar-refractivity contribution in [2.75, 3.05) is 6.54 Å². The van der Waals surface area contributed by atoms with Gasteiger partial charge < -0.3 is 5.32 Å². The summed E-state index contributed by atoms with van der Waals surface area (Å²) in [5.74, 6) is 0.787. The quantitative estimate of drug-likeness (QED) is 0.780. The number of rotatable bonds is 6. The maximum Gasteiger partial charge on any atom is 0.123 e. The standard InChI is InChI=1S/C17H26FN/c1-3-19-17(9-8-14-6-4-5-7-14)15-10-13(2)11-16(18)12-15/h10-12,14,17,19H,3-9H2,1-2H3. The predicted octanol–water partition coefficient (Wildman–Crippen LogP) is 4.76. The van der Waals surface area contributed by atoms with Crippen molar-refractivity contribution in [1.82, 2.24) is 5.32 Å². The number of nitrogens with one attached hydrogen (secondary N) is 1. The molecule has 0 heterocycles. The van der Waals surface area contributed by atoms with Gasteiger partial charge in [-0.2, -0.15) is 0 Å². The second-order valence-electron chi connectivity index (χ2n) is 5.90. The van der Waals surface area contributed by atoms with E-state index in [1.807, 2.05) is 6.92 Å². The van der Waals surface area contributed by atoms with E-state index < -0.39 is 0 Å². The van der Waals surface area contributed by atoms with Crippen LogP contribution < -0.4 is 5.32 Å². The van der Waals surface area contributed by atoms with E-state index in [1.54, 1.807) is 12.1 Å². The summed E-state index contributed by atoms with van der Waals surface area (Å²) >= 11 is 0. The predicted molar refractivity (Wildman–Crippen MR) is 78.7 cm³/mol. The third-order valence-electron chi connectivity index (χ3n) is 4.26. The molecule has 0 aliphatic heterocycles. The van der Waals surface area contributed by atoms with Crippen LogP contribution in [-0.2, 0) is 0 Å². The van der Waals surface area contributed by atoms with Crippen molar-refractivity contribution in [3.05, 3.63) is 35.1 Å². The van der Waals surface area contributed by atoms with Crippen LogP contribution in [0.3, 0.4) is 0 Å². The summed E-state index contributed by atoms with van der Waals surface area (Å²) in [6.45, 7) is 5.02. The lowest BCUT2D eigenvalue weighted by Crippen LogP contribution is -2.21. The lowest BCUT2D eigenvalue weighted by Gasteiger charge is -2.21. The first-order valence-electron chi connectivity index (χ1n) is 7.69. The van der Waals surface area contributed by atoms with Gasteiger partial charge in [-0.3, -0.25) is 0 Å². The second-order valence-corrected chi connectivity index (χ2v) is 5.90. The minimum Gasteiger partial charge on any atom is -0.310 e. The lowest BCUT2D eigenvalue weighted by atomic mass is 9.94. The Morgan fingerprint density at radius 1 is 1.26 bits per heavy atom. The number of benzene rings is 1. The zero-order valence-corrected chi connectivity index (χ0v) is 12.2. The normalized spacial score (nSPS) is 17.8. The van der Waals surface area contributed by atoms with Crippen LogP contribution in [0.5, 0.6) is 0 Å². The van der Waals surface area contributed by atoms with E-state index in [2.05, 4.69) is 18.3 Å². The first kappa shape index (κ1) is 14.5. The highest BCUT2D eigenvalue weighted by molar-refractivity contribution is 5.26. The van der Waals surface area contributed by atoms with E-state index in [0.29, 0.717) is 6.04 Å². The van der Waals surface area contributed by atoms with Crippen LogP contribution in [0.4, 0.5) is 4.39 Å². The van der Waals surface area contributed by atoms with Crippen LogP contribution in [0.25, 0.3) is 0 Å². The summed E-state index contributed by atoms with van der Waals surface area (Å²) < 4.78 is 13.5. The summed E-state index contributed by atoms with van der Waals surface area (Å²) in [6, 6.07) is 5.71. The molecule has 2 rings (SSSR count). The highest BCUT2D eigenvalue weighted by atomic mass is 19.1. The van der Waals surface area contributed by atoms with Crippen molar-refractivity contribution in [2.45, 2.75) is 58.4 Å². The van der Waals surface area contributed by atoms with Gasteiger partial charge in [-0.05, 0) is 55.5 Å². The lowest BCUT2D eigenvalue weighted by molar-refractivity contribution is 0.416. The molecule has 1 aliphatic rings. The number of halogens is 1. The Hall–Kier alpha value is -0.890. The molecule has 0 aromatic heterocycles. The summed E-state index contributed by atoms with van der Waals surface area (Å²) in [4.78, 5) is 0. The van der Waals surface area contributed by atoms with Crippen molar-refractivity contribution in [3.8, 4) is 0 Å². The van der Waals surface area contributed by atoms with Crippen molar-refractivity contribution in [3.63, 3.8) is 0 Å². The molecule has 1 saturated carbocycles. The molecule has 1 fully saturated rings. The van der Waals surface area contributed by atoms with Gasteiger partial charge in [0.2, 0.25) is 0 Å². The van der Waals surface area contributed by atoms with E-state index in [0.717, 1.165) is 30.0 Å². The Bertz CT molecular complexity index is 376. The third-order valence-corrected chi connectivity index (χ3v) is 4.26. The second kappa shape index (κ2) is 7.04. The Morgan fingerprint density at radius 3 is 2.63 bits per heavy atom. The molecule has 0 saturated heterocycles. The van der Waals surface area contributed by atoms with Gasteiger partial charge in [-0.25, -0.2) is 4.39 Å². The van der Waals surface area contributed by atoms with Crippen LogP contribution in [0.2, 0.25) is 0 Å². The molecular formula is C17H26FN. The van der Waals surface area contributed by atoms with Crippen molar-refractivity contribution in [1.29, 1.82) is 0 Å². The summed E-state index contributed by atoms with van der Waals surface area (Å²) in [5, 5.41) is 3.51. The molecular weight excluding hydrogens is 237 g/mol. The van der Waals surface area contributed by atoms with Crippen LogP contribution in [0.1, 0.15) is 62.6 Å². The fourth-order valence-corrected chi connectivity index (χ4v) is 3.30. The average Bonchev–Trinajstić information content (AvgIpc) is 2.86. The van der Waals surface area contributed by atoms with E-state index in [1.165, 1.54) is 32.1 Å². The Kier molecular flexibility index (Phi) is 5.38. The monoisotopic (exact) mass is 263 g/mol. The molecule has 1 N–H and O–H groups in total. The van der Waals surface area contributed by atoms with Gasteiger partial charge in [0.05, 0.1) is 0 Å². The summed E-state index contributed by atoms with van der Waals surface area (Å²) in [6.07, 6.45) is 7.97.